The molecule has 0 radical (unpaired) electrons. The Morgan fingerprint density at radius 1 is 0.473 bits per heavy atom. The Hall–Kier alpha value is -6.16. The van der Waals surface area contributed by atoms with Crippen molar-refractivity contribution < 1.29 is 19.2 Å². The number of amides is 2. The average molecular weight is 735 g/mol. The van der Waals surface area contributed by atoms with Gasteiger partial charge in [0.05, 0.1) is 57.7 Å². The summed E-state index contributed by atoms with van der Waals surface area (Å²) in [5.41, 5.74) is 12.0. The molecule has 6 aromatic rings. The summed E-state index contributed by atoms with van der Waals surface area (Å²) in [6, 6.07) is 23.0. The van der Waals surface area contributed by atoms with E-state index in [-0.39, 0.29) is 12.8 Å². The topological polar surface area (TPSA) is 144 Å². The van der Waals surface area contributed by atoms with Crippen molar-refractivity contribution in [2.45, 2.75) is 86.5 Å². The first-order valence-corrected chi connectivity index (χ1v) is 18.9. The molecular formula is C45H46N6O4. The van der Waals surface area contributed by atoms with Gasteiger partial charge in [-0.15, -0.1) is 0 Å². The fourth-order valence-corrected chi connectivity index (χ4v) is 7.14. The summed E-state index contributed by atoms with van der Waals surface area (Å²) < 4.78 is 0. The molecule has 0 bridgehead atoms. The first kappa shape index (κ1) is 38.6. The van der Waals surface area contributed by atoms with E-state index in [4.69, 9.17) is 0 Å². The number of fused-ring (bicyclic) bond motifs is 2. The van der Waals surface area contributed by atoms with Gasteiger partial charge in [-0.25, -0.2) is 19.9 Å². The largest absolute Gasteiger partial charge is 0.319 e. The molecule has 0 atom stereocenters. The van der Waals surface area contributed by atoms with E-state index in [0.29, 0.717) is 77.3 Å². The number of benzene rings is 4. The third-order valence-corrected chi connectivity index (χ3v) is 10.2. The molecule has 0 saturated heterocycles. The first-order chi connectivity index (χ1) is 26.5. The standard InChI is InChI=1S/C45H46N6O4/c1-7-28-19-21-30(32(9-3)42(28)50-44(54)40(52)24-38-26(5)46-34-15-11-13-17-36(34)48-38)23-31-22-20-29(8-2)43(33(31)10-4)51-45(55)41(53)25-39-27(6)47-35-16-12-14-18-37(35)49-39/h11-22H,7-10,23-25H2,1-6H3,(H,50,54)(H,51,55). The monoisotopic (exact) mass is 734 g/mol. The van der Waals surface area contributed by atoms with Gasteiger partial charge >= 0.3 is 0 Å². The van der Waals surface area contributed by atoms with Gasteiger partial charge in [0, 0.05) is 11.4 Å². The third kappa shape index (κ3) is 8.33. The number of ketones is 2. The smallest absolute Gasteiger partial charge is 0.292 e. The van der Waals surface area contributed by atoms with Crippen LogP contribution in [0, 0.1) is 13.8 Å². The molecule has 2 N–H and O–H groups in total. The Kier molecular flexibility index (Phi) is 11.8. The van der Waals surface area contributed by atoms with Crippen LogP contribution in [-0.4, -0.2) is 43.3 Å². The minimum atomic E-state index is -0.697. The van der Waals surface area contributed by atoms with Gasteiger partial charge < -0.3 is 10.6 Å². The molecule has 0 aliphatic rings. The maximum atomic E-state index is 13.5. The molecule has 10 heteroatoms. The summed E-state index contributed by atoms with van der Waals surface area (Å²) >= 11 is 0. The number of hydrogen-bond donors (Lipinski definition) is 2. The van der Waals surface area contributed by atoms with E-state index < -0.39 is 23.4 Å². The van der Waals surface area contributed by atoms with E-state index >= 15 is 0 Å². The lowest BCUT2D eigenvalue weighted by molar-refractivity contribution is -0.134. The number of carbonyl (C=O) groups excluding carboxylic acids is 4. The Labute approximate surface area is 321 Å². The van der Waals surface area contributed by atoms with Crippen LogP contribution < -0.4 is 10.6 Å². The van der Waals surface area contributed by atoms with Crippen LogP contribution in [0.5, 0.6) is 0 Å². The number of carbonyl (C=O) groups is 4. The van der Waals surface area contributed by atoms with Crippen LogP contribution in [0.3, 0.4) is 0 Å². The molecule has 6 rings (SSSR count). The molecule has 0 saturated carbocycles. The van der Waals surface area contributed by atoms with E-state index in [1.54, 1.807) is 13.8 Å². The van der Waals surface area contributed by atoms with Gasteiger partial charge in [-0.2, -0.15) is 0 Å². The molecule has 4 aromatic carbocycles. The van der Waals surface area contributed by atoms with Crippen molar-refractivity contribution in [2.24, 2.45) is 0 Å². The van der Waals surface area contributed by atoms with Gasteiger partial charge in [-0.1, -0.05) is 76.2 Å². The predicted molar refractivity (Wildman–Crippen MR) is 216 cm³/mol. The highest BCUT2D eigenvalue weighted by molar-refractivity contribution is 6.41. The Morgan fingerprint density at radius 3 is 1.16 bits per heavy atom. The molecule has 2 aromatic heterocycles. The minimum absolute atomic E-state index is 0.159. The molecule has 10 nitrogen and oxygen atoms in total. The van der Waals surface area contributed by atoms with Gasteiger partial charge in [0.1, 0.15) is 0 Å². The molecular weight excluding hydrogens is 689 g/mol. The van der Waals surface area contributed by atoms with Crippen LogP contribution in [0.1, 0.15) is 83.9 Å². The van der Waals surface area contributed by atoms with Crippen molar-refractivity contribution in [3.8, 4) is 0 Å². The highest BCUT2D eigenvalue weighted by Crippen LogP contribution is 2.32. The van der Waals surface area contributed by atoms with E-state index in [0.717, 1.165) is 44.4 Å². The van der Waals surface area contributed by atoms with Gasteiger partial charge in [-0.05, 0) is 104 Å². The molecule has 55 heavy (non-hydrogen) atoms. The summed E-state index contributed by atoms with van der Waals surface area (Å²) in [6.07, 6.45) is 2.75. The number of hydrogen-bond acceptors (Lipinski definition) is 8. The van der Waals surface area contributed by atoms with Crippen molar-refractivity contribution in [2.75, 3.05) is 10.6 Å². The van der Waals surface area contributed by atoms with E-state index in [1.807, 2.05) is 88.4 Å². The highest BCUT2D eigenvalue weighted by Gasteiger charge is 2.24. The van der Waals surface area contributed by atoms with Crippen molar-refractivity contribution in [3.63, 3.8) is 0 Å². The zero-order valence-corrected chi connectivity index (χ0v) is 32.3. The number of aryl methyl sites for hydroxylation is 4. The van der Waals surface area contributed by atoms with Crippen LogP contribution in [0.15, 0.2) is 72.8 Å². The Balaban J connectivity index is 1.24. The summed E-state index contributed by atoms with van der Waals surface area (Å²) in [4.78, 5) is 72.0. The fourth-order valence-electron chi connectivity index (χ4n) is 7.14. The van der Waals surface area contributed by atoms with E-state index in [9.17, 15) is 19.2 Å². The molecule has 280 valence electrons. The number of rotatable bonds is 14. The van der Waals surface area contributed by atoms with Gasteiger partial charge in [0.15, 0.2) is 0 Å². The first-order valence-electron chi connectivity index (χ1n) is 18.9. The summed E-state index contributed by atoms with van der Waals surface area (Å²) in [6.45, 7) is 11.7. The maximum absolute atomic E-state index is 13.5. The second kappa shape index (κ2) is 16.9. The predicted octanol–water partition coefficient (Wildman–Crippen LogP) is 7.53. The van der Waals surface area contributed by atoms with Crippen LogP contribution in [0.4, 0.5) is 11.4 Å². The van der Waals surface area contributed by atoms with Crippen molar-refractivity contribution in [1.29, 1.82) is 0 Å². The van der Waals surface area contributed by atoms with E-state index in [1.165, 1.54) is 0 Å². The third-order valence-electron chi connectivity index (χ3n) is 10.2. The van der Waals surface area contributed by atoms with Crippen LogP contribution in [0.2, 0.25) is 0 Å². The van der Waals surface area contributed by atoms with Gasteiger partial charge in [0.25, 0.3) is 11.8 Å². The summed E-state index contributed by atoms with van der Waals surface area (Å²) in [5.74, 6) is -2.58. The Morgan fingerprint density at radius 2 is 0.818 bits per heavy atom. The number of anilines is 2. The number of nitrogens with one attached hydrogen (secondary N) is 2. The lowest BCUT2D eigenvalue weighted by Gasteiger charge is -2.21. The molecule has 0 spiro atoms. The number of para-hydroxylation sites is 4. The zero-order chi connectivity index (χ0) is 39.2. The molecule has 0 fully saturated rings. The van der Waals surface area contributed by atoms with Crippen molar-refractivity contribution in [1.82, 2.24) is 19.9 Å². The maximum Gasteiger partial charge on any atom is 0.292 e. The lowest BCUT2D eigenvalue weighted by atomic mass is 9.89. The second-order valence-electron chi connectivity index (χ2n) is 13.7. The van der Waals surface area contributed by atoms with Gasteiger partial charge in [0.2, 0.25) is 11.6 Å². The van der Waals surface area contributed by atoms with Crippen molar-refractivity contribution in [3.05, 3.63) is 129 Å². The lowest BCUT2D eigenvalue weighted by Crippen LogP contribution is -2.27. The number of aromatic nitrogens is 4. The Bertz CT molecular complexity index is 2300. The number of nitrogens with zero attached hydrogens (tertiary/aromatic N) is 4. The second-order valence-corrected chi connectivity index (χ2v) is 13.7. The molecule has 2 heterocycles. The number of Topliss-reactive ketones (excluding diaryl/α,β-unsaturated/α-hetero) is 2. The summed E-state index contributed by atoms with van der Waals surface area (Å²) in [5, 5.41) is 5.95. The van der Waals surface area contributed by atoms with Crippen LogP contribution >= 0.6 is 0 Å². The van der Waals surface area contributed by atoms with Crippen LogP contribution in [-0.2, 0) is 64.1 Å². The van der Waals surface area contributed by atoms with Crippen LogP contribution in [0.25, 0.3) is 22.1 Å². The molecule has 0 unspecified atom stereocenters. The van der Waals surface area contributed by atoms with Gasteiger partial charge in [-0.3, -0.25) is 19.2 Å². The van der Waals surface area contributed by atoms with Crippen molar-refractivity contribution >= 4 is 56.8 Å². The minimum Gasteiger partial charge on any atom is -0.319 e. The highest BCUT2D eigenvalue weighted by atomic mass is 16.2. The molecule has 0 aliphatic heterocycles. The van der Waals surface area contributed by atoms with E-state index in [2.05, 4.69) is 42.7 Å². The average Bonchev–Trinajstić information content (AvgIpc) is 3.18. The quantitative estimate of drug-likeness (QED) is 0.109. The molecule has 0 aliphatic carbocycles. The fraction of sp³-hybridized carbons (Fsp3) is 0.289. The normalized spacial score (nSPS) is 11.2. The summed E-state index contributed by atoms with van der Waals surface area (Å²) in [7, 11) is 0. The SMILES string of the molecule is CCc1ccc(Cc2ccc(CC)c(NC(=O)C(=O)Cc3nc4ccccc4nc3C)c2CC)c(CC)c1NC(=O)C(=O)Cc1nc2ccccc2nc1C. The zero-order valence-electron chi connectivity index (χ0n) is 32.3. The molecule has 2 amide bonds.